The van der Waals surface area contributed by atoms with Crippen LogP contribution in [0.5, 0.6) is 0 Å². The van der Waals surface area contributed by atoms with Crippen LogP contribution in [-0.2, 0) is 39.7 Å². The molecule has 1 N–H and O–H groups in total. The van der Waals surface area contributed by atoms with Gasteiger partial charge in [0.15, 0.2) is 0 Å². The van der Waals surface area contributed by atoms with E-state index < -0.39 is 54.4 Å². The van der Waals surface area contributed by atoms with Crippen molar-refractivity contribution in [2.45, 2.75) is 57.4 Å². The van der Waals surface area contributed by atoms with Gasteiger partial charge in [-0.15, -0.1) is 0 Å². The quantitative estimate of drug-likeness (QED) is 0.427. The van der Waals surface area contributed by atoms with Crippen molar-refractivity contribution in [1.82, 2.24) is 14.7 Å². The molecule has 246 valence electrons. The second kappa shape index (κ2) is 13.8. The van der Waals surface area contributed by atoms with Gasteiger partial charge in [-0.2, -0.15) is 26.3 Å². The zero-order valence-electron chi connectivity index (χ0n) is 25.1. The Kier molecular flexibility index (Phi) is 10.5. The molecule has 2 unspecified atom stereocenters. The van der Waals surface area contributed by atoms with Gasteiger partial charge < -0.3 is 19.8 Å². The van der Waals surface area contributed by atoms with Gasteiger partial charge >= 0.3 is 12.4 Å². The van der Waals surface area contributed by atoms with Crippen LogP contribution < -0.4 is 0 Å². The van der Waals surface area contributed by atoms with Crippen molar-refractivity contribution < 1.29 is 45.8 Å². The van der Waals surface area contributed by atoms with E-state index in [4.69, 9.17) is 5.11 Å². The van der Waals surface area contributed by atoms with E-state index in [1.54, 1.807) is 4.90 Å². The molecule has 0 bridgehead atoms. The summed E-state index contributed by atoms with van der Waals surface area (Å²) in [5.74, 6) is -2.35. The van der Waals surface area contributed by atoms with Crippen LogP contribution in [0, 0.1) is 11.8 Å². The molecule has 2 aromatic carbocycles. The van der Waals surface area contributed by atoms with Crippen LogP contribution in [0.2, 0.25) is 0 Å². The topological polar surface area (TPSA) is 81.2 Å². The van der Waals surface area contributed by atoms with Crippen LogP contribution in [0.3, 0.4) is 0 Å². The summed E-state index contributed by atoms with van der Waals surface area (Å²) in [6.07, 6.45) is -8.20. The van der Waals surface area contributed by atoms with Gasteiger partial charge in [-0.3, -0.25) is 14.4 Å². The van der Waals surface area contributed by atoms with E-state index in [-0.39, 0.29) is 48.9 Å². The van der Waals surface area contributed by atoms with Gasteiger partial charge in [-0.1, -0.05) is 31.2 Å². The first-order valence-electron chi connectivity index (χ1n) is 14.9. The van der Waals surface area contributed by atoms with Crippen LogP contribution >= 0.6 is 0 Å². The van der Waals surface area contributed by atoms with Crippen molar-refractivity contribution in [2.75, 3.05) is 39.8 Å². The number of amides is 3. The zero-order chi connectivity index (χ0) is 33.1. The predicted octanol–water partition coefficient (Wildman–Crippen LogP) is 5.11. The van der Waals surface area contributed by atoms with Crippen molar-refractivity contribution in [1.29, 1.82) is 0 Å². The molecule has 2 heterocycles. The number of aliphatic hydroxyl groups is 1. The molecule has 2 saturated heterocycles. The minimum absolute atomic E-state index is 0.0596. The van der Waals surface area contributed by atoms with E-state index in [9.17, 15) is 40.7 Å². The Labute approximate surface area is 257 Å². The molecule has 13 heteroatoms. The molecule has 0 spiro atoms. The lowest BCUT2D eigenvalue weighted by atomic mass is 9.77. The number of piperidine rings is 2. The summed E-state index contributed by atoms with van der Waals surface area (Å²) in [4.78, 5) is 43.7. The molecule has 2 aliphatic rings. The normalized spacial score (nSPS) is 19.8. The lowest BCUT2D eigenvalue weighted by molar-refractivity contribution is -0.145. The first-order chi connectivity index (χ1) is 21.1. The lowest BCUT2D eigenvalue weighted by Crippen LogP contribution is -2.51. The van der Waals surface area contributed by atoms with Crippen molar-refractivity contribution in [2.24, 2.45) is 11.8 Å². The number of hydrogen-bond acceptors (Lipinski definition) is 4. The second-order valence-electron chi connectivity index (χ2n) is 11.8. The van der Waals surface area contributed by atoms with Crippen LogP contribution in [0.4, 0.5) is 26.3 Å². The van der Waals surface area contributed by atoms with Crippen molar-refractivity contribution in [3.8, 4) is 0 Å². The van der Waals surface area contributed by atoms with Crippen LogP contribution in [-0.4, -0.2) is 77.4 Å². The number of halogens is 6. The Morgan fingerprint density at radius 1 is 0.889 bits per heavy atom. The van der Waals surface area contributed by atoms with E-state index in [0.29, 0.717) is 44.5 Å². The van der Waals surface area contributed by atoms with Gasteiger partial charge in [0.1, 0.15) is 6.61 Å². The molecule has 3 amide bonds. The number of aryl methyl sites for hydroxylation is 1. The number of carbonyl (C=O) groups excluding carboxylic acids is 3. The molecule has 7 nitrogen and oxygen atoms in total. The van der Waals surface area contributed by atoms with Gasteiger partial charge in [0, 0.05) is 57.5 Å². The molecule has 2 aliphatic heterocycles. The minimum atomic E-state index is -5.00. The highest BCUT2D eigenvalue weighted by molar-refractivity contribution is 5.83. The number of hydrogen-bond donors (Lipinski definition) is 1. The predicted molar refractivity (Wildman–Crippen MR) is 153 cm³/mol. The zero-order valence-corrected chi connectivity index (χ0v) is 25.1. The van der Waals surface area contributed by atoms with E-state index in [0.717, 1.165) is 16.0 Å². The highest BCUT2D eigenvalue weighted by Crippen LogP contribution is 2.39. The van der Waals surface area contributed by atoms with Gasteiger partial charge in [-0.05, 0) is 60.6 Å². The molecular formula is C32H37F6N3O4. The standard InChI is InChI=1S/C32H37F6N3O4/c1-3-21-6-4-5-7-25(21)27-18-41(29(44)22-8-11-40(12-9-22)28(43)19-42)13-10-26(27)30(45)39(2)17-20-14-23(31(33,34)35)16-24(15-20)32(36,37)38/h4-7,14-16,22,26-27,42H,3,8-13,17-19H2,1-2H3. The van der Waals surface area contributed by atoms with Gasteiger partial charge in [0.05, 0.1) is 11.1 Å². The molecule has 2 fully saturated rings. The average Bonchev–Trinajstić information content (AvgIpc) is 3.02. The van der Waals surface area contributed by atoms with Crippen LogP contribution in [0.1, 0.15) is 59.9 Å². The fourth-order valence-electron chi connectivity index (χ4n) is 6.46. The molecule has 45 heavy (non-hydrogen) atoms. The van der Waals surface area contributed by atoms with E-state index in [1.165, 1.54) is 11.9 Å². The maximum atomic E-state index is 13.9. The third-order valence-corrected chi connectivity index (χ3v) is 8.85. The Morgan fingerprint density at radius 3 is 2.02 bits per heavy atom. The summed E-state index contributed by atoms with van der Waals surface area (Å²) in [7, 11) is 1.36. The molecule has 0 saturated carbocycles. The number of alkyl halides is 6. The maximum Gasteiger partial charge on any atom is 0.416 e. The summed E-state index contributed by atoms with van der Waals surface area (Å²) < 4.78 is 80.6. The Hall–Kier alpha value is -3.61. The van der Waals surface area contributed by atoms with Crippen molar-refractivity contribution >= 4 is 17.7 Å². The first kappa shape index (κ1) is 34.3. The summed E-state index contributed by atoms with van der Waals surface area (Å²) in [5, 5.41) is 9.14. The summed E-state index contributed by atoms with van der Waals surface area (Å²) in [5.41, 5.74) is -1.34. The molecule has 0 radical (unpaired) electrons. The highest BCUT2D eigenvalue weighted by atomic mass is 19.4. The lowest BCUT2D eigenvalue weighted by Gasteiger charge is -2.42. The smallest absolute Gasteiger partial charge is 0.387 e. The monoisotopic (exact) mass is 641 g/mol. The summed E-state index contributed by atoms with van der Waals surface area (Å²) in [6, 6.07) is 8.83. The summed E-state index contributed by atoms with van der Waals surface area (Å²) >= 11 is 0. The number of aliphatic hydroxyl groups excluding tert-OH is 1. The fourth-order valence-corrected chi connectivity index (χ4v) is 6.46. The van der Waals surface area contributed by atoms with Crippen LogP contribution in [0.25, 0.3) is 0 Å². The number of rotatable bonds is 7. The fraction of sp³-hybridized carbons (Fsp3) is 0.531. The van der Waals surface area contributed by atoms with Gasteiger partial charge in [0.2, 0.25) is 17.7 Å². The van der Waals surface area contributed by atoms with E-state index in [2.05, 4.69) is 0 Å². The van der Waals surface area contributed by atoms with Gasteiger partial charge in [0.25, 0.3) is 0 Å². The highest BCUT2D eigenvalue weighted by Gasteiger charge is 2.41. The average molecular weight is 642 g/mol. The minimum Gasteiger partial charge on any atom is -0.387 e. The first-order valence-corrected chi connectivity index (χ1v) is 14.9. The number of likely N-dealkylation sites (tertiary alicyclic amines) is 2. The largest absolute Gasteiger partial charge is 0.416 e. The molecule has 0 aromatic heterocycles. The van der Waals surface area contributed by atoms with Crippen LogP contribution in [0.15, 0.2) is 42.5 Å². The third kappa shape index (κ3) is 7.98. The molecule has 0 aliphatic carbocycles. The molecule has 2 aromatic rings. The van der Waals surface area contributed by atoms with Crippen molar-refractivity contribution in [3.05, 3.63) is 70.3 Å². The number of nitrogens with zero attached hydrogens (tertiary/aromatic N) is 3. The van der Waals surface area contributed by atoms with E-state index >= 15 is 0 Å². The summed E-state index contributed by atoms with van der Waals surface area (Å²) in [6.45, 7) is 2.08. The Morgan fingerprint density at radius 2 is 1.47 bits per heavy atom. The van der Waals surface area contributed by atoms with Crippen molar-refractivity contribution in [3.63, 3.8) is 0 Å². The number of benzene rings is 2. The maximum absolute atomic E-state index is 13.9. The van der Waals surface area contributed by atoms with Gasteiger partial charge in [-0.25, -0.2) is 0 Å². The molecule has 4 rings (SSSR count). The number of carbonyl (C=O) groups is 3. The molecular weight excluding hydrogens is 604 g/mol. The molecule has 2 atom stereocenters. The third-order valence-electron chi connectivity index (χ3n) is 8.85. The Bertz CT molecular complexity index is 1360. The second-order valence-corrected chi connectivity index (χ2v) is 11.8. The Balaban J connectivity index is 1.57. The van der Waals surface area contributed by atoms with E-state index in [1.807, 2.05) is 31.2 Å². The SMILES string of the molecule is CCc1ccccc1C1CN(C(=O)C2CCN(C(=O)CO)CC2)CCC1C(=O)N(C)Cc1cc(C(F)(F)F)cc(C(F)(F)F)c1.